The zero-order chi connectivity index (χ0) is 22.5. The number of fused-ring (bicyclic) bond motifs is 5. The van der Waals surface area contributed by atoms with Crippen molar-refractivity contribution in [1.82, 2.24) is 10.6 Å². The molecule has 7 fully saturated rings. The largest absolute Gasteiger partial charge is 0.353 e. The van der Waals surface area contributed by atoms with Crippen LogP contribution in [0.5, 0.6) is 0 Å². The molecule has 1 aliphatic heterocycles. The molecule has 180 valence electrons. The van der Waals surface area contributed by atoms with E-state index < -0.39 is 0 Å². The summed E-state index contributed by atoms with van der Waals surface area (Å²) < 4.78 is 0. The average molecular weight is 451 g/mol. The molecular formula is C29H42N2O2. The first kappa shape index (κ1) is 21.0. The molecule has 1 heterocycles. The van der Waals surface area contributed by atoms with Crippen LogP contribution in [0.25, 0.3) is 0 Å². The Morgan fingerprint density at radius 1 is 0.970 bits per heavy atom. The fraction of sp³-hybridized carbons (Fsp3) is 0.862. The molecule has 2 N–H and O–H groups in total. The quantitative estimate of drug-likeness (QED) is 0.632. The molecule has 0 radical (unpaired) electrons. The third kappa shape index (κ3) is 3.00. The second-order valence-electron chi connectivity index (χ2n) is 13.9. The smallest absolute Gasteiger partial charge is 0.243 e. The van der Waals surface area contributed by atoms with Gasteiger partial charge in [0.15, 0.2) is 0 Å². The summed E-state index contributed by atoms with van der Waals surface area (Å²) >= 11 is 0. The van der Waals surface area contributed by atoms with E-state index >= 15 is 0 Å². The first-order valence-corrected chi connectivity index (χ1v) is 14.1. The van der Waals surface area contributed by atoms with E-state index in [1.54, 1.807) is 6.08 Å². The van der Waals surface area contributed by atoms with Crippen molar-refractivity contribution in [2.24, 2.45) is 58.2 Å². The predicted octanol–water partition coefficient (Wildman–Crippen LogP) is 4.84. The van der Waals surface area contributed by atoms with Gasteiger partial charge in [-0.05, 0) is 117 Å². The number of hydrogen-bond donors (Lipinski definition) is 2. The molecule has 4 heteroatoms. The summed E-state index contributed by atoms with van der Waals surface area (Å²) in [5.41, 5.74) is 0.398. The average Bonchev–Trinajstić information content (AvgIpc) is 3.17. The van der Waals surface area contributed by atoms with Crippen LogP contribution in [0, 0.1) is 58.2 Å². The van der Waals surface area contributed by atoms with Crippen molar-refractivity contribution < 1.29 is 9.59 Å². The molecule has 33 heavy (non-hydrogen) atoms. The molecule has 0 aromatic heterocycles. The van der Waals surface area contributed by atoms with E-state index in [2.05, 4.69) is 30.6 Å². The number of rotatable bonds is 2. The van der Waals surface area contributed by atoms with Crippen molar-refractivity contribution in [3.8, 4) is 0 Å². The van der Waals surface area contributed by atoms with Gasteiger partial charge < -0.3 is 10.6 Å². The van der Waals surface area contributed by atoms with Gasteiger partial charge in [-0.3, -0.25) is 9.59 Å². The topological polar surface area (TPSA) is 58.2 Å². The monoisotopic (exact) mass is 450 g/mol. The molecule has 2 amide bonds. The molecule has 8 aliphatic rings. The van der Waals surface area contributed by atoms with E-state index in [0.29, 0.717) is 35.1 Å². The molecule has 0 spiro atoms. The van der Waals surface area contributed by atoms with Crippen LogP contribution in [-0.4, -0.2) is 23.9 Å². The molecule has 4 bridgehead atoms. The van der Waals surface area contributed by atoms with Gasteiger partial charge in [0.2, 0.25) is 11.8 Å². The maximum Gasteiger partial charge on any atom is 0.243 e. The Labute approximate surface area is 199 Å². The van der Waals surface area contributed by atoms with Crippen molar-refractivity contribution in [2.75, 3.05) is 0 Å². The summed E-state index contributed by atoms with van der Waals surface area (Å²) in [5.74, 6) is 5.34. The first-order chi connectivity index (χ1) is 15.8. The van der Waals surface area contributed by atoms with Crippen LogP contribution in [0.15, 0.2) is 12.2 Å². The SMILES string of the molecule is C[C@@]12CCC[C@H]1[C@@H]1C(C(=O)NC3C4CC5CC(C4)CC3C5)CC3NC(=O)C=C[C@]3(C)[C@@H]1CC2. The maximum atomic E-state index is 14.2. The van der Waals surface area contributed by atoms with E-state index in [0.717, 1.165) is 30.1 Å². The Morgan fingerprint density at radius 2 is 1.70 bits per heavy atom. The summed E-state index contributed by atoms with van der Waals surface area (Å²) in [6, 6.07) is 0.507. The number of amides is 2. The van der Waals surface area contributed by atoms with E-state index in [1.165, 1.54) is 64.2 Å². The maximum absolute atomic E-state index is 14.2. The molecule has 2 unspecified atom stereocenters. The van der Waals surface area contributed by atoms with Gasteiger partial charge in [0.1, 0.15) is 0 Å². The highest BCUT2D eigenvalue weighted by Crippen LogP contribution is 2.65. The van der Waals surface area contributed by atoms with Crippen LogP contribution in [0.4, 0.5) is 0 Å². The lowest BCUT2D eigenvalue weighted by molar-refractivity contribution is -0.147. The highest BCUT2D eigenvalue weighted by atomic mass is 16.2. The Bertz CT molecular complexity index is 868. The third-order valence-corrected chi connectivity index (χ3v) is 12.4. The Balaban J connectivity index is 1.20. The third-order valence-electron chi connectivity index (χ3n) is 12.4. The summed E-state index contributed by atoms with van der Waals surface area (Å²) in [6.07, 6.45) is 18.1. The molecule has 7 atom stereocenters. The van der Waals surface area contributed by atoms with Crippen LogP contribution in [0.3, 0.4) is 0 Å². The lowest BCUT2D eigenvalue weighted by Gasteiger charge is -2.60. The van der Waals surface area contributed by atoms with Gasteiger partial charge in [-0.2, -0.15) is 0 Å². The fourth-order valence-corrected chi connectivity index (χ4v) is 11.0. The van der Waals surface area contributed by atoms with Crippen molar-refractivity contribution in [3.05, 3.63) is 12.2 Å². The van der Waals surface area contributed by atoms with Gasteiger partial charge in [0, 0.05) is 23.4 Å². The normalized spacial score (nSPS) is 56.0. The molecule has 7 saturated carbocycles. The number of nitrogens with one attached hydrogen (secondary N) is 2. The zero-order valence-corrected chi connectivity index (χ0v) is 20.5. The van der Waals surface area contributed by atoms with Gasteiger partial charge in [-0.1, -0.05) is 26.3 Å². The van der Waals surface area contributed by atoms with Crippen LogP contribution in [0.1, 0.15) is 84.5 Å². The highest BCUT2D eigenvalue weighted by Gasteiger charge is 2.61. The predicted molar refractivity (Wildman–Crippen MR) is 128 cm³/mol. The van der Waals surface area contributed by atoms with Crippen LogP contribution in [-0.2, 0) is 9.59 Å². The molecule has 4 nitrogen and oxygen atoms in total. The van der Waals surface area contributed by atoms with Gasteiger partial charge in [0.25, 0.3) is 0 Å². The van der Waals surface area contributed by atoms with Crippen molar-refractivity contribution in [1.29, 1.82) is 0 Å². The second kappa shape index (κ2) is 7.10. The molecule has 0 saturated heterocycles. The van der Waals surface area contributed by atoms with E-state index in [1.807, 2.05) is 0 Å². The lowest BCUT2D eigenvalue weighted by atomic mass is 9.46. The van der Waals surface area contributed by atoms with Crippen LogP contribution < -0.4 is 10.6 Å². The van der Waals surface area contributed by atoms with Crippen molar-refractivity contribution >= 4 is 11.8 Å². The first-order valence-electron chi connectivity index (χ1n) is 14.1. The summed E-state index contributed by atoms with van der Waals surface area (Å²) in [4.78, 5) is 26.5. The zero-order valence-electron chi connectivity index (χ0n) is 20.5. The lowest BCUT2D eigenvalue weighted by Crippen LogP contribution is -2.64. The molecule has 0 aromatic carbocycles. The fourth-order valence-electron chi connectivity index (χ4n) is 11.0. The Morgan fingerprint density at radius 3 is 2.42 bits per heavy atom. The molecule has 0 aromatic rings. The van der Waals surface area contributed by atoms with Crippen LogP contribution in [0.2, 0.25) is 0 Å². The molecule has 8 rings (SSSR count). The minimum Gasteiger partial charge on any atom is -0.353 e. The van der Waals surface area contributed by atoms with E-state index in [4.69, 9.17) is 0 Å². The minimum atomic E-state index is -0.0120. The Kier molecular flexibility index (Phi) is 4.52. The van der Waals surface area contributed by atoms with Gasteiger partial charge >= 0.3 is 0 Å². The van der Waals surface area contributed by atoms with Crippen LogP contribution >= 0.6 is 0 Å². The van der Waals surface area contributed by atoms with E-state index in [9.17, 15) is 9.59 Å². The van der Waals surface area contributed by atoms with Gasteiger partial charge in [-0.15, -0.1) is 0 Å². The van der Waals surface area contributed by atoms with Crippen molar-refractivity contribution in [3.63, 3.8) is 0 Å². The summed E-state index contributed by atoms with van der Waals surface area (Å²) in [7, 11) is 0. The van der Waals surface area contributed by atoms with Crippen molar-refractivity contribution in [2.45, 2.75) is 96.6 Å². The number of carbonyl (C=O) groups is 2. The number of hydrogen-bond acceptors (Lipinski definition) is 2. The minimum absolute atomic E-state index is 0.0120. The highest BCUT2D eigenvalue weighted by molar-refractivity contribution is 5.89. The second-order valence-corrected chi connectivity index (χ2v) is 13.9. The molecule has 7 aliphatic carbocycles. The summed E-state index contributed by atoms with van der Waals surface area (Å²) in [5, 5.41) is 7.00. The number of carbonyl (C=O) groups excluding carboxylic acids is 2. The molecular weight excluding hydrogens is 408 g/mol. The summed E-state index contributed by atoms with van der Waals surface area (Å²) in [6.45, 7) is 4.88. The standard InChI is InChI=1S/C29H42N2O2/c1-28-7-3-4-21(28)25-20(15-23-29(2,22(25)5-8-28)9-6-24(32)30-23)27(33)31-26-18-11-16-10-17(13-18)14-19(26)12-16/h6,9,16-23,25-26H,3-5,7-8,10-15H2,1-2H3,(H,30,32)(H,31,33)/t16?,17?,18?,19?,20?,21-,22+,23?,25-,26?,28-,29+/m0/s1. The van der Waals surface area contributed by atoms with E-state index in [-0.39, 0.29) is 23.3 Å². The Hall–Kier alpha value is -1.32. The van der Waals surface area contributed by atoms with Gasteiger partial charge in [0.05, 0.1) is 0 Å². The van der Waals surface area contributed by atoms with Gasteiger partial charge in [-0.25, -0.2) is 0 Å².